The molecule has 2 atom stereocenters. The Morgan fingerprint density at radius 3 is 2.37 bits per heavy atom. The Labute approximate surface area is 174 Å². The molecule has 1 saturated heterocycles. The molecule has 3 rings (SSSR count). The SMILES string of the molecule is [C-]#[N+]c1ccc(S(=O)(=O)[C@H]2CN(S(=O)(=O)c3ccc(F)cc3C)C[C@@]2(O)CO)cc1. The third kappa shape index (κ3) is 3.73. The monoisotopic (exact) mass is 454 g/mol. The van der Waals surface area contributed by atoms with E-state index in [9.17, 15) is 31.4 Å². The fourth-order valence-corrected chi connectivity index (χ4v) is 7.23. The third-order valence-corrected chi connectivity index (χ3v) is 9.35. The quantitative estimate of drug-likeness (QED) is 0.657. The van der Waals surface area contributed by atoms with Gasteiger partial charge in [-0.1, -0.05) is 24.3 Å². The van der Waals surface area contributed by atoms with Gasteiger partial charge in [-0.25, -0.2) is 26.1 Å². The van der Waals surface area contributed by atoms with Gasteiger partial charge in [0.15, 0.2) is 15.5 Å². The zero-order valence-corrected chi connectivity index (χ0v) is 17.5. The van der Waals surface area contributed by atoms with E-state index in [2.05, 4.69) is 4.85 Å². The molecule has 11 heteroatoms. The second kappa shape index (κ2) is 7.72. The van der Waals surface area contributed by atoms with E-state index in [0.717, 1.165) is 22.5 Å². The van der Waals surface area contributed by atoms with Gasteiger partial charge in [0.05, 0.1) is 23.0 Å². The first-order valence-corrected chi connectivity index (χ1v) is 11.8. The van der Waals surface area contributed by atoms with Gasteiger partial charge in [0, 0.05) is 13.1 Å². The van der Waals surface area contributed by atoms with Crippen molar-refractivity contribution < 1.29 is 31.4 Å². The molecular weight excluding hydrogens is 435 g/mol. The van der Waals surface area contributed by atoms with Crippen molar-refractivity contribution in [2.75, 3.05) is 19.7 Å². The van der Waals surface area contributed by atoms with E-state index < -0.39 is 56.2 Å². The lowest BCUT2D eigenvalue weighted by atomic mass is 10.1. The molecule has 1 heterocycles. The minimum atomic E-state index is -4.26. The second-order valence-electron chi connectivity index (χ2n) is 7.11. The molecule has 1 aliphatic rings. The lowest BCUT2D eigenvalue weighted by molar-refractivity contribution is 0.00160. The van der Waals surface area contributed by atoms with Crippen LogP contribution in [0.1, 0.15) is 5.56 Å². The van der Waals surface area contributed by atoms with E-state index in [1.165, 1.54) is 31.2 Å². The number of halogens is 1. The predicted molar refractivity (Wildman–Crippen MR) is 106 cm³/mol. The summed E-state index contributed by atoms with van der Waals surface area (Å²) < 4.78 is 66.5. The first-order chi connectivity index (χ1) is 14.0. The minimum absolute atomic E-state index is 0.128. The Balaban J connectivity index is 2.02. The number of aryl methyl sites for hydroxylation is 1. The highest BCUT2D eigenvalue weighted by Gasteiger charge is 2.55. The average Bonchev–Trinajstić information content (AvgIpc) is 3.07. The van der Waals surface area contributed by atoms with E-state index in [1.54, 1.807) is 0 Å². The molecule has 0 aromatic heterocycles. The molecule has 0 radical (unpaired) electrons. The number of benzene rings is 2. The summed E-state index contributed by atoms with van der Waals surface area (Å²) in [5.41, 5.74) is -1.89. The molecule has 1 aliphatic heterocycles. The summed E-state index contributed by atoms with van der Waals surface area (Å²) in [5, 5.41) is 18.9. The van der Waals surface area contributed by atoms with Gasteiger partial charge in [-0.2, -0.15) is 4.31 Å². The van der Waals surface area contributed by atoms with Gasteiger partial charge in [-0.15, -0.1) is 0 Å². The van der Waals surface area contributed by atoms with Crippen LogP contribution in [-0.2, 0) is 19.9 Å². The van der Waals surface area contributed by atoms with Crippen LogP contribution in [0.3, 0.4) is 0 Å². The summed E-state index contributed by atoms with van der Waals surface area (Å²) in [5.74, 6) is -0.622. The number of β-amino-alcohol motifs (C(OH)–C–C–N with tert-alkyl or cyclic N) is 1. The molecule has 2 N–H and O–H groups in total. The van der Waals surface area contributed by atoms with Crippen LogP contribution in [-0.4, -0.2) is 61.9 Å². The van der Waals surface area contributed by atoms with Crippen molar-refractivity contribution in [3.05, 3.63) is 65.3 Å². The van der Waals surface area contributed by atoms with Gasteiger partial charge >= 0.3 is 0 Å². The maximum absolute atomic E-state index is 13.4. The fourth-order valence-electron chi connectivity index (χ4n) is 3.46. The number of sulfone groups is 1. The lowest BCUT2D eigenvalue weighted by Gasteiger charge is -2.26. The maximum Gasteiger partial charge on any atom is 0.243 e. The Morgan fingerprint density at radius 1 is 1.20 bits per heavy atom. The molecule has 2 aromatic carbocycles. The number of sulfonamides is 1. The summed E-state index contributed by atoms with van der Waals surface area (Å²) in [4.78, 5) is 2.76. The second-order valence-corrected chi connectivity index (χ2v) is 11.1. The van der Waals surface area contributed by atoms with Crippen LogP contribution in [0, 0.1) is 19.3 Å². The molecule has 30 heavy (non-hydrogen) atoms. The standard InChI is InChI=1S/C19H19FN2O6S2/c1-13-9-14(20)3-8-17(13)30(27,28)22-10-18(19(24,11-22)12-23)29(25,26)16-6-4-15(21-2)5-7-16/h3-9,18,23-24H,10-12H2,1H3/t18-,19+/m0/s1. The van der Waals surface area contributed by atoms with Crippen LogP contribution in [0.2, 0.25) is 0 Å². The smallest absolute Gasteiger partial charge is 0.243 e. The maximum atomic E-state index is 13.4. The largest absolute Gasteiger partial charge is 0.393 e. The zero-order chi connectivity index (χ0) is 22.3. The number of aliphatic hydroxyl groups is 2. The summed E-state index contributed by atoms with van der Waals surface area (Å²) in [6.07, 6.45) is 0. The minimum Gasteiger partial charge on any atom is -0.393 e. The molecule has 8 nitrogen and oxygen atoms in total. The van der Waals surface area contributed by atoms with Gasteiger partial charge < -0.3 is 10.2 Å². The number of rotatable bonds is 5. The van der Waals surface area contributed by atoms with Gasteiger partial charge in [-0.3, -0.25) is 0 Å². The average molecular weight is 455 g/mol. The van der Waals surface area contributed by atoms with Crippen molar-refractivity contribution in [2.45, 2.75) is 27.6 Å². The topological polar surface area (TPSA) is 116 Å². The van der Waals surface area contributed by atoms with Crippen molar-refractivity contribution in [2.24, 2.45) is 0 Å². The number of nitrogens with zero attached hydrogens (tertiary/aromatic N) is 2. The van der Waals surface area contributed by atoms with Gasteiger partial charge in [-0.05, 0) is 30.7 Å². The van der Waals surface area contributed by atoms with Gasteiger partial charge in [0.1, 0.15) is 16.7 Å². The molecule has 0 saturated carbocycles. The molecule has 0 unspecified atom stereocenters. The molecule has 160 valence electrons. The Morgan fingerprint density at radius 2 is 1.83 bits per heavy atom. The fraction of sp³-hybridized carbons (Fsp3) is 0.316. The van der Waals surface area contributed by atoms with Crippen LogP contribution in [0.15, 0.2) is 52.3 Å². The highest BCUT2D eigenvalue weighted by Crippen LogP contribution is 2.35. The van der Waals surface area contributed by atoms with Crippen LogP contribution in [0.25, 0.3) is 4.85 Å². The summed E-state index contributed by atoms with van der Waals surface area (Å²) in [6, 6.07) is 8.06. The Hall–Kier alpha value is -2.36. The Bertz CT molecular complexity index is 1220. The van der Waals surface area contributed by atoms with Crippen molar-refractivity contribution in [3.63, 3.8) is 0 Å². The van der Waals surface area contributed by atoms with Crippen molar-refractivity contribution in [1.29, 1.82) is 0 Å². The highest BCUT2D eigenvalue weighted by atomic mass is 32.2. The first-order valence-electron chi connectivity index (χ1n) is 8.77. The molecule has 0 spiro atoms. The van der Waals surface area contributed by atoms with Crippen molar-refractivity contribution in [1.82, 2.24) is 4.31 Å². The van der Waals surface area contributed by atoms with Crippen molar-refractivity contribution >= 4 is 25.5 Å². The molecule has 0 amide bonds. The number of aliphatic hydroxyl groups excluding tert-OH is 1. The van der Waals surface area contributed by atoms with Crippen LogP contribution in [0.4, 0.5) is 10.1 Å². The molecule has 0 bridgehead atoms. The van der Waals surface area contributed by atoms with E-state index >= 15 is 0 Å². The highest BCUT2D eigenvalue weighted by molar-refractivity contribution is 7.92. The molecule has 2 aromatic rings. The predicted octanol–water partition coefficient (Wildman–Crippen LogP) is 1.26. The third-order valence-electron chi connectivity index (χ3n) is 5.12. The van der Waals surface area contributed by atoms with E-state index in [1.807, 2.05) is 0 Å². The van der Waals surface area contributed by atoms with E-state index in [-0.39, 0.29) is 21.0 Å². The van der Waals surface area contributed by atoms with E-state index in [4.69, 9.17) is 6.57 Å². The Kier molecular flexibility index (Phi) is 5.74. The van der Waals surface area contributed by atoms with Crippen LogP contribution < -0.4 is 0 Å². The van der Waals surface area contributed by atoms with Crippen LogP contribution in [0.5, 0.6) is 0 Å². The van der Waals surface area contributed by atoms with Gasteiger partial charge in [0.2, 0.25) is 10.0 Å². The molecule has 1 fully saturated rings. The summed E-state index contributed by atoms with van der Waals surface area (Å²) in [7, 11) is -8.52. The normalized spacial score (nSPS) is 22.7. The molecule has 0 aliphatic carbocycles. The lowest BCUT2D eigenvalue weighted by Crippen LogP contribution is -2.49. The van der Waals surface area contributed by atoms with Crippen LogP contribution >= 0.6 is 0 Å². The van der Waals surface area contributed by atoms with E-state index in [0.29, 0.717) is 0 Å². The number of hydrogen-bond donors (Lipinski definition) is 2. The van der Waals surface area contributed by atoms with Crippen molar-refractivity contribution in [3.8, 4) is 0 Å². The molecular formula is C19H19FN2O6S2. The zero-order valence-electron chi connectivity index (χ0n) is 15.9. The van der Waals surface area contributed by atoms with Gasteiger partial charge in [0.25, 0.3) is 0 Å². The first kappa shape index (κ1) is 22.3. The summed E-state index contributed by atoms with van der Waals surface area (Å²) in [6.45, 7) is 6.12. The summed E-state index contributed by atoms with van der Waals surface area (Å²) >= 11 is 0. The number of hydrogen-bond acceptors (Lipinski definition) is 6.